The Morgan fingerprint density at radius 1 is 1.33 bits per heavy atom. The summed E-state index contributed by atoms with van der Waals surface area (Å²) in [5.74, 6) is 2.25. The molecule has 1 rings (SSSR count). The van der Waals surface area contributed by atoms with Gasteiger partial charge in [-0.05, 0) is 36.0 Å². The molecule has 1 aromatic carbocycles. The van der Waals surface area contributed by atoms with Crippen LogP contribution in [0.15, 0.2) is 24.3 Å². The summed E-state index contributed by atoms with van der Waals surface area (Å²) in [6.07, 6.45) is 1.21. The Hall–Kier alpha value is -0.500. The largest absolute Gasteiger partial charge is 0.497 e. The highest BCUT2D eigenvalue weighted by molar-refractivity contribution is 9.09. The molecule has 0 aliphatic rings. The third-order valence-corrected chi connectivity index (χ3v) is 3.29. The first-order chi connectivity index (χ1) is 7.17. The second-order valence-corrected chi connectivity index (χ2v) is 4.90. The first kappa shape index (κ1) is 12.6. The number of halogens is 1. The van der Waals surface area contributed by atoms with Crippen LogP contribution < -0.4 is 4.74 Å². The molecular formula is C13H19BrO. The molecule has 0 saturated heterocycles. The third-order valence-electron chi connectivity index (χ3n) is 2.51. The molecule has 1 atom stereocenters. The second kappa shape index (κ2) is 6.16. The lowest BCUT2D eigenvalue weighted by Crippen LogP contribution is -2.04. The van der Waals surface area contributed by atoms with Gasteiger partial charge in [0, 0.05) is 5.33 Å². The minimum absolute atomic E-state index is 0.583. The molecule has 1 aromatic rings. The first-order valence-electron chi connectivity index (χ1n) is 5.37. The van der Waals surface area contributed by atoms with Gasteiger partial charge >= 0.3 is 0 Å². The maximum Gasteiger partial charge on any atom is 0.119 e. The number of methoxy groups -OCH3 is 1. The van der Waals surface area contributed by atoms with Gasteiger partial charge in [-0.25, -0.2) is 0 Å². The van der Waals surface area contributed by atoms with E-state index >= 15 is 0 Å². The topological polar surface area (TPSA) is 9.23 Å². The molecule has 0 N–H and O–H groups in total. The van der Waals surface area contributed by atoms with Gasteiger partial charge in [-0.3, -0.25) is 0 Å². The number of rotatable bonds is 5. The fourth-order valence-corrected chi connectivity index (χ4v) is 2.39. The van der Waals surface area contributed by atoms with Crippen LogP contribution in [0.5, 0.6) is 5.75 Å². The summed E-state index contributed by atoms with van der Waals surface area (Å²) in [4.78, 5) is 0. The van der Waals surface area contributed by atoms with Gasteiger partial charge in [0.2, 0.25) is 0 Å². The summed E-state index contributed by atoms with van der Waals surface area (Å²) in [6.45, 7) is 4.52. The number of alkyl halides is 1. The van der Waals surface area contributed by atoms with Gasteiger partial charge in [0.1, 0.15) is 5.75 Å². The van der Waals surface area contributed by atoms with Crippen molar-refractivity contribution in [2.24, 2.45) is 5.92 Å². The molecule has 0 fully saturated rings. The van der Waals surface area contributed by atoms with Gasteiger partial charge in [0.05, 0.1) is 7.11 Å². The molecule has 1 nitrogen and oxygen atoms in total. The molecule has 0 aliphatic carbocycles. The van der Waals surface area contributed by atoms with Gasteiger partial charge in [-0.15, -0.1) is 0 Å². The zero-order valence-corrected chi connectivity index (χ0v) is 11.3. The Kier molecular flexibility index (Phi) is 5.16. The summed E-state index contributed by atoms with van der Waals surface area (Å²) in [5, 5.41) is 1.01. The van der Waals surface area contributed by atoms with E-state index in [-0.39, 0.29) is 0 Å². The SMILES string of the molecule is COc1cccc(C(CBr)CC(C)C)c1. The summed E-state index contributed by atoms with van der Waals surface area (Å²) in [6, 6.07) is 8.36. The minimum Gasteiger partial charge on any atom is -0.497 e. The lowest BCUT2D eigenvalue weighted by atomic mass is 9.92. The molecule has 0 aliphatic heterocycles. The highest BCUT2D eigenvalue weighted by atomic mass is 79.9. The van der Waals surface area contributed by atoms with Crippen molar-refractivity contribution < 1.29 is 4.74 Å². The maximum atomic E-state index is 5.24. The fraction of sp³-hybridized carbons (Fsp3) is 0.538. The van der Waals surface area contributed by atoms with Gasteiger partial charge in [-0.1, -0.05) is 41.9 Å². The van der Waals surface area contributed by atoms with Crippen molar-refractivity contribution in [1.82, 2.24) is 0 Å². The molecule has 2 heteroatoms. The molecule has 1 unspecified atom stereocenters. The second-order valence-electron chi connectivity index (χ2n) is 4.26. The van der Waals surface area contributed by atoms with E-state index < -0.39 is 0 Å². The highest BCUT2D eigenvalue weighted by Crippen LogP contribution is 2.28. The van der Waals surface area contributed by atoms with Crippen molar-refractivity contribution in [3.8, 4) is 5.75 Å². The van der Waals surface area contributed by atoms with Crippen molar-refractivity contribution >= 4 is 15.9 Å². The minimum atomic E-state index is 0.583. The number of hydrogen-bond acceptors (Lipinski definition) is 1. The third kappa shape index (κ3) is 3.86. The molecule has 0 spiro atoms. The molecule has 0 aromatic heterocycles. The summed E-state index contributed by atoms with van der Waals surface area (Å²) in [7, 11) is 1.71. The smallest absolute Gasteiger partial charge is 0.119 e. The van der Waals surface area contributed by atoms with Crippen molar-refractivity contribution in [1.29, 1.82) is 0 Å². The Morgan fingerprint density at radius 3 is 2.60 bits per heavy atom. The van der Waals surface area contributed by atoms with Gasteiger partial charge in [-0.2, -0.15) is 0 Å². The van der Waals surface area contributed by atoms with Crippen LogP contribution in [0, 0.1) is 5.92 Å². The summed E-state index contributed by atoms with van der Waals surface area (Å²) >= 11 is 3.59. The van der Waals surface area contributed by atoms with Crippen LogP contribution in [0.1, 0.15) is 31.7 Å². The average Bonchev–Trinajstić information content (AvgIpc) is 2.25. The van der Waals surface area contributed by atoms with Gasteiger partial charge in [0.15, 0.2) is 0 Å². The lowest BCUT2D eigenvalue weighted by molar-refractivity contribution is 0.413. The van der Waals surface area contributed by atoms with E-state index in [0.29, 0.717) is 5.92 Å². The molecule has 15 heavy (non-hydrogen) atoms. The molecular weight excluding hydrogens is 252 g/mol. The van der Waals surface area contributed by atoms with Crippen LogP contribution in [0.4, 0.5) is 0 Å². The van der Waals surface area contributed by atoms with E-state index in [1.807, 2.05) is 6.07 Å². The van der Waals surface area contributed by atoms with Crippen LogP contribution in [-0.4, -0.2) is 12.4 Å². The van der Waals surface area contributed by atoms with E-state index in [9.17, 15) is 0 Å². The Balaban J connectivity index is 2.81. The predicted octanol–water partition coefficient (Wildman–Crippen LogP) is 4.22. The summed E-state index contributed by atoms with van der Waals surface area (Å²) < 4.78 is 5.24. The van der Waals surface area contributed by atoms with Crippen LogP contribution in [0.2, 0.25) is 0 Å². The van der Waals surface area contributed by atoms with Crippen LogP contribution in [-0.2, 0) is 0 Å². The normalized spacial score (nSPS) is 12.9. The number of benzene rings is 1. The number of ether oxygens (including phenoxy) is 1. The van der Waals surface area contributed by atoms with Crippen molar-refractivity contribution in [2.45, 2.75) is 26.2 Å². The monoisotopic (exact) mass is 270 g/mol. The van der Waals surface area contributed by atoms with E-state index in [0.717, 1.165) is 17.0 Å². The van der Waals surface area contributed by atoms with E-state index in [1.54, 1.807) is 7.11 Å². The van der Waals surface area contributed by atoms with E-state index in [2.05, 4.69) is 48.0 Å². The number of hydrogen-bond donors (Lipinski definition) is 0. The van der Waals surface area contributed by atoms with Crippen LogP contribution >= 0.6 is 15.9 Å². The van der Waals surface area contributed by atoms with Crippen molar-refractivity contribution in [3.63, 3.8) is 0 Å². The van der Waals surface area contributed by atoms with E-state index in [4.69, 9.17) is 4.74 Å². The Morgan fingerprint density at radius 2 is 2.07 bits per heavy atom. The molecule has 0 amide bonds. The molecule has 0 bridgehead atoms. The van der Waals surface area contributed by atoms with E-state index in [1.165, 1.54) is 12.0 Å². The molecule has 84 valence electrons. The predicted molar refractivity (Wildman–Crippen MR) is 69.0 cm³/mol. The molecule has 0 heterocycles. The quantitative estimate of drug-likeness (QED) is 0.728. The van der Waals surface area contributed by atoms with Crippen molar-refractivity contribution in [3.05, 3.63) is 29.8 Å². The summed E-state index contributed by atoms with van der Waals surface area (Å²) in [5.41, 5.74) is 1.36. The Bertz CT molecular complexity index is 296. The molecule has 0 saturated carbocycles. The zero-order valence-electron chi connectivity index (χ0n) is 9.66. The van der Waals surface area contributed by atoms with Gasteiger partial charge < -0.3 is 4.74 Å². The van der Waals surface area contributed by atoms with Crippen LogP contribution in [0.3, 0.4) is 0 Å². The first-order valence-corrected chi connectivity index (χ1v) is 6.49. The van der Waals surface area contributed by atoms with Crippen LogP contribution in [0.25, 0.3) is 0 Å². The van der Waals surface area contributed by atoms with Crippen molar-refractivity contribution in [2.75, 3.05) is 12.4 Å². The zero-order chi connectivity index (χ0) is 11.3. The average molecular weight is 271 g/mol. The molecule has 0 radical (unpaired) electrons. The Labute approximate surface area is 101 Å². The maximum absolute atomic E-state index is 5.24. The fourth-order valence-electron chi connectivity index (χ4n) is 1.75. The lowest BCUT2D eigenvalue weighted by Gasteiger charge is -2.17. The highest BCUT2D eigenvalue weighted by Gasteiger charge is 2.12. The van der Waals surface area contributed by atoms with Gasteiger partial charge in [0.25, 0.3) is 0 Å². The standard InChI is InChI=1S/C13H19BrO/c1-10(2)7-12(9-14)11-5-4-6-13(8-11)15-3/h4-6,8,10,12H,7,9H2,1-3H3.